The Balaban J connectivity index is 1.71. The first kappa shape index (κ1) is 11.3. The molecule has 0 aliphatic carbocycles. The van der Waals surface area contributed by atoms with Crippen LogP contribution in [0.2, 0.25) is 0 Å². The molecule has 0 saturated carbocycles. The molecule has 1 unspecified atom stereocenters. The summed E-state index contributed by atoms with van der Waals surface area (Å²) < 4.78 is 2.39. The molecule has 3 nitrogen and oxygen atoms in total. The van der Waals surface area contributed by atoms with Crippen molar-refractivity contribution in [2.24, 2.45) is 5.92 Å². The SMILES string of the molecule is CC1CCCn2cc(CC3CCNCC3)nc21. The van der Waals surface area contributed by atoms with Crippen molar-refractivity contribution in [2.75, 3.05) is 13.1 Å². The van der Waals surface area contributed by atoms with E-state index in [1.165, 1.54) is 63.3 Å². The summed E-state index contributed by atoms with van der Waals surface area (Å²) in [4.78, 5) is 4.87. The predicted molar refractivity (Wildman–Crippen MR) is 69.2 cm³/mol. The van der Waals surface area contributed by atoms with Crippen LogP contribution in [0.3, 0.4) is 0 Å². The highest BCUT2D eigenvalue weighted by Crippen LogP contribution is 2.27. The van der Waals surface area contributed by atoms with Crippen LogP contribution in [0, 0.1) is 5.92 Å². The Bertz CT molecular complexity index is 377. The zero-order chi connectivity index (χ0) is 11.7. The number of aryl methyl sites for hydroxylation is 1. The van der Waals surface area contributed by atoms with Crippen LogP contribution in [0.5, 0.6) is 0 Å². The summed E-state index contributed by atoms with van der Waals surface area (Å²) >= 11 is 0. The van der Waals surface area contributed by atoms with Crippen molar-refractivity contribution in [2.45, 2.75) is 51.5 Å². The smallest absolute Gasteiger partial charge is 0.111 e. The summed E-state index contributed by atoms with van der Waals surface area (Å²) in [6.07, 6.45) is 8.76. The number of hydrogen-bond acceptors (Lipinski definition) is 2. The van der Waals surface area contributed by atoms with Crippen LogP contribution in [0.15, 0.2) is 6.20 Å². The predicted octanol–water partition coefficient (Wildman–Crippen LogP) is 2.32. The quantitative estimate of drug-likeness (QED) is 0.849. The van der Waals surface area contributed by atoms with E-state index in [9.17, 15) is 0 Å². The van der Waals surface area contributed by atoms with E-state index in [4.69, 9.17) is 4.98 Å². The van der Waals surface area contributed by atoms with Crippen molar-refractivity contribution in [3.8, 4) is 0 Å². The third-order valence-electron chi connectivity index (χ3n) is 4.29. The van der Waals surface area contributed by atoms with Crippen LogP contribution in [-0.4, -0.2) is 22.6 Å². The Morgan fingerprint density at radius 2 is 2.18 bits per heavy atom. The van der Waals surface area contributed by atoms with E-state index in [-0.39, 0.29) is 0 Å². The van der Waals surface area contributed by atoms with Gasteiger partial charge in [0.2, 0.25) is 0 Å². The Morgan fingerprint density at radius 1 is 1.35 bits per heavy atom. The Hall–Kier alpha value is -0.830. The van der Waals surface area contributed by atoms with Gasteiger partial charge in [0.05, 0.1) is 5.69 Å². The summed E-state index contributed by atoms with van der Waals surface area (Å²) in [5.41, 5.74) is 1.33. The highest BCUT2D eigenvalue weighted by atomic mass is 15.1. The minimum Gasteiger partial charge on any atom is -0.334 e. The fourth-order valence-corrected chi connectivity index (χ4v) is 3.24. The molecule has 17 heavy (non-hydrogen) atoms. The van der Waals surface area contributed by atoms with Gasteiger partial charge in [-0.05, 0) is 51.1 Å². The van der Waals surface area contributed by atoms with Gasteiger partial charge in [0, 0.05) is 18.7 Å². The van der Waals surface area contributed by atoms with Gasteiger partial charge in [-0.1, -0.05) is 6.92 Å². The molecule has 1 fully saturated rings. The largest absolute Gasteiger partial charge is 0.334 e. The summed E-state index contributed by atoms with van der Waals surface area (Å²) in [6, 6.07) is 0. The minimum absolute atomic E-state index is 0.658. The lowest BCUT2D eigenvalue weighted by atomic mass is 9.93. The molecular weight excluding hydrogens is 210 g/mol. The molecular formula is C14H23N3. The lowest BCUT2D eigenvalue weighted by Crippen LogP contribution is -2.28. The van der Waals surface area contributed by atoms with Gasteiger partial charge in [-0.15, -0.1) is 0 Å². The van der Waals surface area contributed by atoms with E-state index >= 15 is 0 Å². The van der Waals surface area contributed by atoms with Crippen molar-refractivity contribution in [3.63, 3.8) is 0 Å². The van der Waals surface area contributed by atoms with Gasteiger partial charge in [0.1, 0.15) is 5.82 Å². The number of fused-ring (bicyclic) bond motifs is 1. The van der Waals surface area contributed by atoms with Gasteiger partial charge in [-0.2, -0.15) is 0 Å². The zero-order valence-corrected chi connectivity index (χ0v) is 10.8. The molecule has 2 aliphatic rings. The topological polar surface area (TPSA) is 29.9 Å². The molecule has 3 heteroatoms. The summed E-state index contributed by atoms with van der Waals surface area (Å²) in [6.45, 7) is 5.87. The first-order valence-corrected chi connectivity index (χ1v) is 7.09. The normalized spacial score (nSPS) is 25.8. The zero-order valence-electron chi connectivity index (χ0n) is 10.8. The van der Waals surface area contributed by atoms with Crippen molar-refractivity contribution >= 4 is 0 Å². The molecule has 1 atom stereocenters. The summed E-state index contributed by atoms with van der Waals surface area (Å²) in [5.74, 6) is 2.84. The van der Waals surface area contributed by atoms with Gasteiger partial charge < -0.3 is 9.88 Å². The van der Waals surface area contributed by atoms with Crippen LogP contribution in [0.4, 0.5) is 0 Å². The summed E-state index contributed by atoms with van der Waals surface area (Å²) in [5, 5.41) is 3.43. The third kappa shape index (κ3) is 2.39. The first-order valence-electron chi connectivity index (χ1n) is 7.09. The molecule has 0 bridgehead atoms. The first-order chi connectivity index (χ1) is 8.33. The molecule has 2 aliphatic heterocycles. The maximum Gasteiger partial charge on any atom is 0.111 e. The number of nitrogens with zero attached hydrogens (tertiary/aromatic N) is 2. The van der Waals surface area contributed by atoms with Gasteiger partial charge >= 0.3 is 0 Å². The monoisotopic (exact) mass is 233 g/mol. The molecule has 1 N–H and O–H groups in total. The number of hydrogen-bond donors (Lipinski definition) is 1. The van der Waals surface area contributed by atoms with Gasteiger partial charge in [-0.3, -0.25) is 0 Å². The molecule has 94 valence electrons. The number of imidazole rings is 1. The number of aromatic nitrogens is 2. The van der Waals surface area contributed by atoms with Crippen molar-refractivity contribution < 1.29 is 0 Å². The third-order valence-corrected chi connectivity index (χ3v) is 4.29. The Kier molecular flexibility index (Phi) is 3.19. The fourth-order valence-electron chi connectivity index (χ4n) is 3.24. The van der Waals surface area contributed by atoms with Gasteiger partial charge in [-0.25, -0.2) is 4.98 Å². The lowest BCUT2D eigenvalue weighted by molar-refractivity contribution is 0.370. The number of piperidine rings is 1. The number of nitrogens with one attached hydrogen (secondary N) is 1. The minimum atomic E-state index is 0.658. The van der Waals surface area contributed by atoms with E-state index in [1.54, 1.807) is 0 Å². The van der Waals surface area contributed by atoms with E-state index in [0.29, 0.717) is 5.92 Å². The van der Waals surface area contributed by atoms with Crippen LogP contribution in [0.25, 0.3) is 0 Å². The second-order valence-electron chi connectivity index (χ2n) is 5.72. The van der Waals surface area contributed by atoms with E-state index < -0.39 is 0 Å². The Morgan fingerprint density at radius 3 is 2.94 bits per heavy atom. The molecule has 0 aromatic carbocycles. The number of rotatable bonds is 2. The van der Waals surface area contributed by atoms with Crippen LogP contribution in [0.1, 0.15) is 50.0 Å². The maximum atomic E-state index is 4.87. The highest BCUT2D eigenvalue weighted by Gasteiger charge is 2.21. The fraction of sp³-hybridized carbons (Fsp3) is 0.786. The van der Waals surface area contributed by atoms with Crippen molar-refractivity contribution in [1.82, 2.24) is 14.9 Å². The van der Waals surface area contributed by atoms with Crippen molar-refractivity contribution in [1.29, 1.82) is 0 Å². The average molecular weight is 233 g/mol. The van der Waals surface area contributed by atoms with E-state index in [2.05, 4.69) is 23.0 Å². The van der Waals surface area contributed by atoms with Crippen LogP contribution in [-0.2, 0) is 13.0 Å². The van der Waals surface area contributed by atoms with E-state index in [1.807, 2.05) is 0 Å². The standard InChI is InChI=1S/C14H23N3/c1-11-3-2-8-17-10-13(16-14(11)17)9-12-4-6-15-7-5-12/h10-12,15H,2-9H2,1H3. The maximum absolute atomic E-state index is 4.87. The van der Waals surface area contributed by atoms with Gasteiger partial charge in [0.15, 0.2) is 0 Å². The molecule has 3 rings (SSSR count). The molecule has 3 heterocycles. The van der Waals surface area contributed by atoms with Crippen molar-refractivity contribution in [3.05, 3.63) is 17.7 Å². The molecule has 0 spiro atoms. The molecule has 0 amide bonds. The molecule has 1 aromatic heterocycles. The van der Waals surface area contributed by atoms with Crippen LogP contribution < -0.4 is 5.32 Å². The summed E-state index contributed by atoms with van der Waals surface area (Å²) in [7, 11) is 0. The average Bonchev–Trinajstić information content (AvgIpc) is 2.74. The second kappa shape index (κ2) is 4.81. The van der Waals surface area contributed by atoms with Gasteiger partial charge in [0.25, 0.3) is 0 Å². The molecule has 1 saturated heterocycles. The molecule has 0 radical (unpaired) electrons. The second-order valence-corrected chi connectivity index (χ2v) is 5.72. The molecule has 1 aromatic rings. The highest BCUT2D eigenvalue weighted by molar-refractivity contribution is 5.10. The van der Waals surface area contributed by atoms with E-state index in [0.717, 1.165) is 5.92 Å². The lowest BCUT2D eigenvalue weighted by Gasteiger charge is -2.21. The van der Waals surface area contributed by atoms with Crippen LogP contribution >= 0.6 is 0 Å². The Labute approximate surface area is 104 Å².